The second kappa shape index (κ2) is 5.37. The molecule has 3 aliphatic rings. The zero-order valence-corrected chi connectivity index (χ0v) is 13.9. The Morgan fingerprint density at radius 1 is 1.21 bits per heavy atom. The minimum Gasteiger partial charge on any atom is -0.504 e. The number of aliphatic hydroxyl groups excluding tert-OH is 2. The molecule has 130 valence electrons. The molecule has 0 amide bonds. The summed E-state index contributed by atoms with van der Waals surface area (Å²) in [7, 11) is 3.05. The van der Waals surface area contributed by atoms with E-state index in [9.17, 15) is 15.3 Å². The maximum absolute atomic E-state index is 10.8. The van der Waals surface area contributed by atoms with Gasteiger partial charge in [-0.05, 0) is 43.0 Å². The lowest BCUT2D eigenvalue weighted by molar-refractivity contribution is -0.0260. The van der Waals surface area contributed by atoms with Gasteiger partial charge in [0.25, 0.3) is 0 Å². The molecule has 0 radical (unpaired) electrons. The molecule has 1 heterocycles. The van der Waals surface area contributed by atoms with Crippen LogP contribution in [0.4, 0.5) is 0 Å². The minimum absolute atomic E-state index is 0.0381. The van der Waals surface area contributed by atoms with Gasteiger partial charge in [0.1, 0.15) is 11.9 Å². The molecule has 0 saturated carbocycles. The van der Waals surface area contributed by atoms with E-state index in [0.29, 0.717) is 24.4 Å². The number of aliphatic hydroxyl groups is 2. The van der Waals surface area contributed by atoms with Crippen molar-refractivity contribution in [1.29, 1.82) is 0 Å². The predicted octanol–water partition coefficient (Wildman–Crippen LogP) is 0.583. The van der Waals surface area contributed by atoms with E-state index in [1.807, 2.05) is 6.07 Å². The van der Waals surface area contributed by atoms with Crippen molar-refractivity contribution in [1.82, 2.24) is 5.32 Å². The maximum atomic E-state index is 10.8. The molecule has 1 aliphatic heterocycles. The summed E-state index contributed by atoms with van der Waals surface area (Å²) in [6.45, 7) is 0.782. The average Bonchev–Trinajstić information content (AvgIpc) is 2.55. The summed E-state index contributed by atoms with van der Waals surface area (Å²) in [6.07, 6.45) is -0.167. The number of fused-ring (bicyclic) bond motifs is 1. The summed E-state index contributed by atoms with van der Waals surface area (Å²) in [5, 5.41) is 35.2. The van der Waals surface area contributed by atoms with E-state index < -0.39 is 17.6 Å². The van der Waals surface area contributed by atoms with Crippen molar-refractivity contribution in [2.45, 2.75) is 42.9 Å². The average molecular weight is 333 g/mol. The molecule has 0 unspecified atom stereocenters. The van der Waals surface area contributed by atoms with Crippen LogP contribution in [0.3, 0.4) is 0 Å². The quantitative estimate of drug-likeness (QED) is 0.633. The third-order valence-corrected chi connectivity index (χ3v) is 5.83. The van der Waals surface area contributed by atoms with Crippen LogP contribution >= 0.6 is 0 Å². The molecule has 6 heteroatoms. The first kappa shape index (κ1) is 15.7. The molecular weight excluding hydrogens is 310 g/mol. The lowest BCUT2D eigenvalue weighted by Gasteiger charge is -2.53. The van der Waals surface area contributed by atoms with Crippen LogP contribution < -0.4 is 10.1 Å². The number of ether oxygens (including phenoxy) is 2. The van der Waals surface area contributed by atoms with Crippen LogP contribution in [0.1, 0.15) is 24.0 Å². The van der Waals surface area contributed by atoms with Crippen molar-refractivity contribution in [3.63, 3.8) is 0 Å². The van der Waals surface area contributed by atoms with Crippen LogP contribution in [-0.4, -0.2) is 54.3 Å². The van der Waals surface area contributed by atoms with Crippen molar-refractivity contribution in [2.75, 3.05) is 20.8 Å². The molecule has 1 aromatic carbocycles. The fraction of sp³-hybridized carbons (Fsp3) is 0.556. The molecule has 0 aromatic heterocycles. The Labute approximate surface area is 140 Å². The summed E-state index contributed by atoms with van der Waals surface area (Å²) in [5.74, 6) is 0.991. The highest BCUT2D eigenvalue weighted by molar-refractivity contribution is 5.62. The van der Waals surface area contributed by atoms with Gasteiger partial charge in [-0.25, -0.2) is 0 Å². The van der Waals surface area contributed by atoms with Gasteiger partial charge in [0.2, 0.25) is 0 Å². The molecule has 4 atom stereocenters. The van der Waals surface area contributed by atoms with Gasteiger partial charge in [-0.1, -0.05) is 6.07 Å². The normalized spacial score (nSPS) is 34.4. The van der Waals surface area contributed by atoms with Gasteiger partial charge >= 0.3 is 0 Å². The Morgan fingerprint density at radius 3 is 2.71 bits per heavy atom. The smallest absolute Gasteiger partial charge is 0.162 e. The van der Waals surface area contributed by atoms with Crippen LogP contribution in [0.15, 0.2) is 23.5 Å². The topological polar surface area (TPSA) is 91.2 Å². The molecule has 2 aliphatic carbocycles. The Hall–Kier alpha value is -1.76. The predicted molar refractivity (Wildman–Crippen MR) is 87.1 cm³/mol. The number of nitrogens with one attached hydrogen (secondary N) is 1. The fourth-order valence-corrected chi connectivity index (χ4v) is 4.92. The zero-order chi connectivity index (χ0) is 17.1. The van der Waals surface area contributed by atoms with E-state index in [2.05, 4.69) is 5.32 Å². The first-order chi connectivity index (χ1) is 11.5. The van der Waals surface area contributed by atoms with Crippen molar-refractivity contribution < 1.29 is 24.8 Å². The van der Waals surface area contributed by atoms with E-state index >= 15 is 0 Å². The number of phenolic OH excluding ortho intramolecular Hbond substituents is 1. The maximum Gasteiger partial charge on any atom is 0.162 e. The van der Waals surface area contributed by atoms with Crippen molar-refractivity contribution in [2.24, 2.45) is 0 Å². The molecule has 24 heavy (non-hydrogen) atoms. The van der Waals surface area contributed by atoms with Crippen LogP contribution in [0, 0.1) is 0 Å². The number of hydrogen-bond acceptors (Lipinski definition) is 6. The lowest BCUT2D eigenvalue weighted by atomic mass is 9.55. The van der Waals surface area contributed by atoms with Crippen molar-refractivity contribution >= 4 is 0 Å². The van der Waals surface area contributed by atoms with Gasteiger partial charge in [0, 0.05) is 17.0 Å². The molecule has 1 saturated heterocycles. The molecule has 4 rings (SSSR count). The van der Waals surface area contributed by atoms with Gasteiger partial charge in [-0.15, -0.1) is 0 Å². The number of phenols is 1. The summed E-state index contributed by atoms with van der Waals surface area (Å²) < 4.78 is 10.8. The van der Waals surface area contributed by atoms with Crippen LogP contribution in [0.5, 0.6) is 11.5 Å². The number of rotatable bonds is 2. The fourth-order valence-electron chi connectivity index (χ4n) is 4.92. The van der Waals surface area contributed by atoms with Gasteiger partial charge in [-0.3, -0.25) is 0 Å². The summed E-state index contributed by atoms with van der Waals surface area (Å²) >= 11 is 0. The highest BCUT2D eigenvalue weighted by atomic mass is 16.5. The minimum atomic E-state index is -1.03. The summed E-state index contributed by atoms with van der Waals surface area (Å²) in [5.41, 5.74) is 2.29. The number of benzene rings is 1. The second-order valence-corrected chi connectivity index (χ2v) is 6.89. The van der Waals surface area contributed by atoms with Gasteiger partial charge in [0.15, 0.2) is 11.5 Å². The third-order valence-electron chi connectivity index (χ3n) is 5.83. The molecule has 2 bridgehead atoms. The Morgan fingerprint density at radius 2 is 2.00 bits per heavy atom. The van der Waals surface area contributed by atoms with Gasteiger partial charge in [0.05, 0.1) is 20.3 Å². The Bertz CT molecular complexity index is 716. The van der Waals surface area contributed by atoms with Crippen LogP contribution in [0.2, 0.25) is 0 Å². The van der Waals surface area contributed by atoms with E-state index in [0.717, 1.165) is 29.7 Å². The largest absolute Gasteiger partial charge is 0.504 e. The SMILES string of the molecule is COC1=C2[C@H]3Cc4ccc(OC)c(O)c4[C@@]2(CCN3)C[C@@H](O)[C@@H]1O. The van der Waals surface area contributed by atoms with Crippen molar-refractivity contribution in [3.8, 4) is 11.5 Å². The highest BCUT2D eigenvalue weighted by Crippen LogP contribution is 2.57. The van der Waals surface area contributed by atoms with Crippen LogP contribution in [0.25, 0.3) is 0 Å². The first-order valence-corrected chi connectivity index (χ1v) is 8.31. The molecule has 1 fully saturated rings. The van der Waals surface area contributed by atoms with E-state index in [1.54, 1.807) is 6.07 Å². The second-order valence-electron chi connectivity index (χ2n) is 6.89. The number of hydrogen-bond donors (Lipinski definition) is 4. The monoisotopic (exact) mass is 333 g/mol. The molecular formula is C18H23NO5. The molecule has 4 N–H and O–H groups in total. The number of methoxy groups -OCH3 is 2. The van der Waals surface area contributed by atoms with Crippen molar-refractivity contribution in [3.05, 3.63) is 34.6 Å². The molecule has 6 nitrogen and oxygen atoms in total. The summed E-state index contributed by atoms with van der Waals surface area (Å²) in [6, 6.07) is 3.80. The molecule has 0 spiro atoms. The van der Waals surface area contributed by atoms with Gasteiger partial charge < -0.3 is 30.1 Å². The van der Waals surface area contributed by atoms with E-state index in [4.69, 9.17) is 9.47 Å². The van der Waals surface area contributed by atoms with E-state index in [1.165, 1.54) is 14.2 Å². The standard InChI is InChI=1S/C18H23NO5/c1-23-12-4-3-9-7-10-14-17(24-2)15(21)11(20)8-18(14,5-6-19-10)13(9)16(12)22/h3-4,10-11,15,19-22H,5-8H2,1-2H3/t10-,11-,15+,18-/m1/s1. The lowest BCUT2D eigenvalue weighted by Crippen LogP contribution is -2.59. The third kappa shape index (κ3) is 1.87. The summed E-state index contributed by atoms with van der Waals surface area (Å²) in [4.78, 5) is 0. The van der Waals surface area contributed by atoms with Gasteiger partial charge in [-0.2, -0.15) is 0 Å². The zero-order valence-electron chi connectivity index (χ0n) is 13.9. The Kier molecular flexibility index (Phi) is 3.53. The first-order valence-electron chi connectivity index (χ1n) is 8.31. The van der Waals surface area contributed by atoms with Crippen LogP contribution in [-0.2, 0) is 16.6 Å². The van der Waals surface area contributed by atoms with E-state index in [-0.39, 0.29) is 11.8 Å². The number of aromatic hydroxyl groups is 1. The number of piperidine rings is 1. The Balaban J connectivity index is 2.04. The molecule has 1 aromatic rings. The highest BCUT2D eigenvalue weighted by Gasteiger charge is 2.55.